The van der Waals surface area contributed by atoms with Crippen molar-refractivity contribution < 1.29 is 19.0 Å². The predicted molar refractivity (Wildman–Crippen MR) is 71.6 cm³/mol. The molecule has 1 saturated heterocycles. The summed E-state index contributed by atoms with van der Waals surface area (Å²) in [5.74, 6) is -0.0614. The number of carbonyl (C=O) groups is 1. The summed E-state index contributed by atoms with van der Waals surface area (Å²) in [6, 6.07) is 0. The van der Waals surface area contributed by atoms with Crippen molar-refractivity contribution in [1.29, 1.82) is 0 Å². The Balaban J connectivity index is 2.00. The van der Waals surface area contributed by atoms with Crippen LogP contribution < -0.4 is 0 Å². The quantitative estimate of drug-likeness (QED) is 0.721. The number of ether oxygens (including phenoxy) is 3. The lowest BCUT2D eigenvalue weighted by Gasteiger charge is -2.40. The predicted octanol–water partition coefficient (Wildman–Crippen LogP) is 2.90. The zero-order valence-electron chi connectivity index (χ0n) is 12.2. The Labute approximate surface area is 115 Å². The molecule has 0 aromatic heterocycles. The van der Waals surface area contributed by atoms with Gasteiger partial charge < -0.3 is 14.2 Å². The molecule has 2 aliphatic rings. The maximum Gasteiger partial charge on any atom is 0.309 e. The molecule has 1 aliphatic carbocycles. The largest absolute Gasteiger partial charge is 0.466 e. The van der Waals surface area contributed by atoms with Gasteiger partial charge in [-0.1, -0.05) is 19.8 Å². The average Bonchev–Trinajstić information content (AvgIpc) is 2.85. The van der Waals surface area contributed by atoms with Crippen molar-refractivity contribution >= 4 is 5.97 Å². The highest BCUT2D eigenvalue weighted by molar-refractivity contribution is 5.73. The van der Waals surface area contributed by atoms with Gasteiger partial charge in [0.15, 0.2) is 5.79 Å². The molecule has 19 heavy (non-hydrogen) atoms. The fourth-order valence-corrected chi connectivity index (χ4v) is 3.34. The highest BCUT2D eigenvalue weighted by Gasteiger charge is 2.47. The summed E-state index contributed by atoms with van der Waals surface area (Å²) in [6.45, 7) is 5.89. The summed E-state index contributed by atoms with van der Waals surface area (Å²) in [6.07, 6.45) is 5.86. The number of carbonyl (C=O) groups excluding carboxylic acids is 1. The molecular formula is C15H26O4. The molecule has 0 aromatic rings. The van der Waals surface area contributed by atoms with Crippen LogP contribution in [0.2, 0.25) is 0 Å². The molecule has 1 aliphatic heterocycles. The van der Waals surface area contributed by atoms with E-state index in [0.29, 0.717) is 25.7 Å². The molecule has 1 heterocycles. The third kappa shape index (κ3) is 3.48. The lowest BCUT2D eigenvalue weighted by atomic mass is 9.74. The van der Waals surface area contributed by atoms with Crippen LogP contribution in [-0.2, 0) is 19.0 Å². The van der Waals surface area contributed by atoms with Crippen molar-refractivity contribution in [2.24, 2.45) is 11.8 Å². The van der Waals surface area contributed by atoms with E-state index in [1.165, 1.54) is 0 Å². The van der Waals surface area contributed by atoms with Crippen LogP contribution in [0.25, 0.3) is 0 Å². The zero-order valence-corrected chi connectivity index (χ0v) is 12.2. The first-order valence-electron chi connectivity index (χ1n) is 7.65. The van der Waals surface area contributed by atoms with E-state index < -0.39 is 5.79 Å². The normalized spacial score (nSPS) is 29.6. The van der Waals surface area contributed by atoms with Gasteiger partial charge in [0.1, 0.15) is 0 Å². The van der Waals surface area contributed by atoms with Gasteiger partial charge >= 0.3 is 5.97 Å². The van der Waals surface area contributed by atoms with Crippen molar-refractivity contribution in [3.05, 3.63) is 0 Å². The van der Waals surface area contributed by atoms with Gasteiger partial charge in [-0.2, -0.15) is 0 Å². The van der Waals surface area contributed by atoms with Crippen LogP contribution in [0.1, 0.15) is 52.4 Å². The van der Waals surface area contributed by atoms with Gasteiger partial charge in [0.2, 0.25) is 0 Å². The van der Waals surface area contributed by atoms with Crippen LogP contribution in [-0.4, -0.2) is 31.6 Å². The van der Waals surface area contributed by atoms with E-state index in [1.54, 1.807) is 0 Å². The average molecular weight is 270 g/mol. The topological polar surface area (TPSA) is 44.8 Å². The molecule has 0 bridgehead atoms. The molecule has 4 heteroatoms. The second-order valence-electron chi connectivity index (χ2n) is 5.61. The fourth-order valence-electron chi connectivity index (χ4n) is 3.34. The SMILES string of the molecule is CCCC[C@H]1CC2(CC[C@@H]1C(=O)OCC)OCCO2. The van der Waals surface area contributed by atoms with Gasteiger partial charge in [-0.05, 0) is 25.7 Å². The summed E-state index contributed by atoms with van der Waals surface area (Å²) in [5.41, 5.74) is 0. The maximum absolute atomic E-state index is 12.1. The van der Waals surface area contributed by atoms with Crippen LogP contribution in [0.15, 0.2) is 0 Å². The molecule has 0 aromatic carbocycles. The van der Waals surface area contributed by atoms with Crippen LogP contribution in [0, 0.1) is 11.8 Å². The summed E-state index contributed by atoms with van der Waals surface area (Å²) in [5, 5.41) is 0. The minimum absolute atomic E-state index is 0.0311. The van der Waals surface area contributed by atoms with Gasteiger partial charge in [0, 0.05) is 12.8 Å². The highest BCUT2D eigenvalue weighted by atomic mass is 16.7. The summed E-state index contributed by atoms with van der Waals surface area (Å²) in [4.78, 5) is 12.1. The lowest BCUT2D eigenvalue weighted by Crippen LogP contribution is -2.43. The van der Waals surface area contributed by atoms with E-state index >= 15 is 0 Å². The van der Waals surface area contributed by atoms with E-state index in [1.807, 2.05) is 6.92 Å². The molecule has 4 nitrogen and oxygen atoms in total. The minimum atomic E-state index is -0.401. The first-order chi connectivity index (χ1) is 9.21. The first kappa shape index (κ1) is 14.8. The van der Waals surface area contributed by atoms with Gasteiger partial charge in [-0.25, -0.2) is 0 Å². The third-order valence-corrected chi connectivity index (χ3v) is 4.31. The van der Waals surface area contributed by atoms with Crippen LogP contribution in [0.3, 0.4) is 0 Å². The number of rotatable bonds is 5. The van der Waals surface area contributed by atoms with Crippen molar-refractivity contribution in [3.8, 4) is 0 Å². The first-order valence-corrected chi connectivity index (χ1v) is 7.65. The monoisotopic (exact) mass is 270 g/mol. The molecular weight excluding hydrogens is 244 g/mol. The van der Waals surface area contributed by atoms with Crippen LogP contribution in [0.4, 0.5) is 0 Å². The molecule has 1 saturated carbocycles. The Hall–Kier alpha value is -0.610. The second kappa shape index (κ2) is 6.71. The molecule has 0 unspecified atom stereocenters. The summed E-state index contributed by atoms with van der Waals surface area (Å²) >= 11 is 0. The zero-order chi connectivity index (χ0) is 13.7. The standard InChI is InChI=1S/C15H26O4/c1-3-5-6-12-11-15(18-9-10-19-15)8-7-13(12)14(16)17-4-2/h12-13H,3-11H2,1-2H3/t12-,13-/m0/s1. The van der Waals surface area contributed by atoms with Gasteiger partial charge in [0.05, 0.1) is 25.7 Å². The highest BCUT2D eigenvalue weighted by Crippen LogP contribution is 2.44. The molecule has 2 fully saturated rings. The summed E-state index contributed by atoms with van der Waals surface area (Å²) in [7, 11) is 0. The number of esters is 1. The maximum atomic E-state index is 12.1. The lowest BCUT2D eigenvalue weighted by molar-refractivity contribution is -0.200. The van der Waals surface area contributed by atoms with Gasteiger partial charge in [-0.15, -0.1) is 0 Å². The molecule has 2 atom stereocenters. The third-order valence-electron chi connectivity index (χ3n) is 4.31. The van der Waals surface area contributed by atoms with E-state index in [-0.39, 0.29) is 11.9 Å². The van der Waals surface area contributed by atoms with Crippen molar-refractivity contribution in [1.82, 2.24) is 0 Å². The Bertz CT molecular complexity index is 297. The molecule has 0 amide bonds. The second-order valence-corrected chi connectivity index (χ2v) is 5.61. The van der Waals surface area contributed by atoms with Gasteiger partial charge in [0.25, 0.3) is 0 Å². The van der Waals surface area contributed by atoms with Crippen molar-refractivity contribution in [2.45, 2.75) is 58.2 Å². The summed E-state index contributed by atoms with van der Waals surface area (Å²) < 4.78 is 16.8. The molecule has 110 valence electrons. The Morgan fingerprint density at radius 1 is 1.32 bits per heavy atom. The molecule has 2 rings (SSSR count). The van der Waals surface area contributed by atoms with E-state index in [0.717, 1.165) is 38.5 Å². The van der Waals surface area contributed by atoms with Crippen molar-refractivity contribution in [3.63, 3.8) is 0 Å². The van der Waals surface area contributed by atoms with E-state index in [9.17, 15) is 4.79 Å². The minimum Gasteiger partial charge on any atom is -0.466 e. The van der Waals surface area contributed by atoms with E-state index in [4.69, 9.17) is 14.2 Å². The van der Waals surface area contributed by atoms with E-state index in [2.05, 4.69) is 6.92 Å². The Morgan fingerprint density at radius 3 is 2.68 bits per heavy atom. The smallest absolute Gasteiger partial charge is 0.309 e. The molecule has 0 radical (unpaired) electrons. The van der Waals surface area contributed by atoms with Gasteiger partial charge in [-0.3, -0.25) is 4.79 Å². The van der Waals surface area contributed by atoms with Crippen LogP contribution >= 0.6 is 0 Å². The number of hydrogen-bond donors (Lipinski definition) is 0. The Kier molecular flexibility index (Phi) is 5.22. The molecule has 0 N–H and O–H groups in total. The van der Waals surface area contributed by atoms with Crippen molar-refractivity contribution in [2.75, 3.05) is 19.8 Å². The number of unbranched alkanes of at least 4 members (excludes halogenated alkanes) is 1. The molecule has 1 spiro atoms. The fraction of sp³-hybridized carbons (Fsp3) is 0.933. The Morgan fingerprint density at radius 2 is 2.05 bits per heavy atom. The van der Waals surface area contributed by atoms with Crippen LogP contribution in [0.5, 0.6) is 0 Å². The number of hydrogen-bond acceptors (Lipinski definition) is 4.